The molecule has 0 spiro atoms. The Hall–Kier alpha value is -4.15. The highest BCUT2D eigenvalue weighted by molar-refractivity contribution is 6.05. The number of ether oxygens (including phenoxy) is 1. The number of nitrogens with zero attached hydrogens (tertiary/aromatic N) is 2. The van der Waals surface area contributed by atoms with E-state index >= 15 is 0 Å². The van der Waals surface area contributed by atoms with Crippen molar-refractivity contribution in [2.45, 2.75) is 13.1 Å². The second-order valence-corrected chi connectivity index (χ2v) is 6.42. The minimum Gasteiger partial charge on any atom is -0.478 e. The second-order valence-electron chi connectivity index (χ2n) is 6.42. The minimum absolute atomic E-state index is 0.00116. The van der Waals surface area contributed by atoms with Crippen LogP contribution in [0.15, 0.2) is 54.7 Å². The van der Waals surface area contributed by atoms with Gasteiger partial charge in [-0.25, -0.2) is 14.3 Å². The van der Waals surface area contributed by atoms with Crippen LogP contribution >= 0.6 is 0 Å². The highest BCUT2D eigenvalue weighted by atomic mass is 19.4. The summed E-state index contributed by atoms with van der Waals surface area (Å²) in [5.41, 5.74) is -1.71. The molecule has 166 valence electrons. The van der Waals surface area contributed by atoms with E-state index < -0.39 is 35.3 Å². The van der Waals surface area contributed by atoms with E-state index in [1.54, 1.807) is 0 Å². The number of nitrogens with one attached hydrogen (secondary N) is 1. The molecule has 1 aromatic heterocycles. The van der Waals surface area contributed by atoms with Crippen molar-refractivity contribution in [3.05, 3.63) is 77.1 Å². The molecule has 1 heterocycles. The van der Waals surface area contributed by atoms with Gasteiger partial charge in [-0.1, -0.05) is 6.07 Å². The van der Waals surface area contributed by atoms with Gasteiger partial charge in [0.1, 0.15) is 5.56 Å². The number of carbonyl (C=O) groups is 3. The molecule has 2 aromatic carbocycles. The van der Waals surface area contributed by atoms with Gasteiger partial charge in [-0.05, 0) is 49.4 Å². The first-order chi connectivity index (χ1) is 15.1. The van der Waals surface area contributed by atoms with E-state index in [1.165, 1.54) is 55.5 Å². The summed E-state index contributed by atoms with van der Waals surface area (Å²) in [5, 5.41) is 15.2. The number of amides is 1. The number of anilines is 1. The van der Waals surface area contributed by atoms with Crippen LogP contribution in [0.4, 0.5) is 18.9 Å². The molecule has 32 heavy (non-hydrogen) atoms. The van der Waals surface area contributed by atoms with E-state index in [0.717, 1.165) is 6.20 Å². The van der Waals surface area contributed by atoms with Crippen LogP contribution in [0.3, 0.4) is 0 Å². The largest absolute Gasteiger partial charge is 0.478 e. The second kappa shape index (κ2) is 8.92. The summed E-state index contributed by atoms with van der Waals surface area (Å²) in [7, 11) is 0. The molecular formula is C21H16F3N3O5. The van der Waals surface area contributed by atoms with Crippen LogP contribution in [0.2, 0.25) is 0 Å². The van der Waals surface area contributed by atoms with Gasteiger partial charge in [0.2, 0.25) is 0 Å². The molecule has 0 aliphatic carbocycles. The number of aromatic carboxylic acids is 1. The first-order valence-corrected chi connectivity index (χ1v) is 9.19. The first-order valence-electron chi connectivity index (χ1n) is 9.19. The third kappa shape index (κ3) is 4.77. The lowest BCUT2D eigenvalue weighted by molar-refractivity contribution is -0.143. The number of benzene rings is 2. The molecule has 8 nitrogen and oxygen atoms in total. The smallest absolute Gasteiger partial charge is 0.434 e. The molecule has 3 rings (SSSR count). The number of hydrogen-bond acceptors (Lipinski definition) is 5. The molecule has 0 saturated carbocycles. The van der Waals surface area contributed by atoms with Crippen LogP contribution < -0.4 is 5.32 Å². The van der Waals surface area contributed by atoms with Crippen molar-refractivity contribution >= 4 is 23.5 Å². The van der Waals surface area contributed by atoms with Gasteiger partial charge < -0.3 is 15.2 Å². The fraction of sp³-hybridized carbons (Fsp3) is 0.143. The molecule has 3 aromatic rings. The SMILES string of the molecule is CCOC(=O)c1cnn(-c2ccc(NC(=O)c3cccc(C(=O)O)c3)cc2)c1C(F)(F)F. The number of aromatic nitrogens is 2. The number of carbonyl (C=O) groups excluding carboxylic acids is 2. The lowest BCUT2D eigenvalue weighted by atomic mass is 10.1. The Balaban J connectivity index is 1.86. The molecule has 0 aliphatic heterocycles. The lowest BCUT2D eigenvalue weighted by Crippen LogP contribution is -2.18. The standard InChI is InChI=1S/C21H16F3N3O5/c1-2-32-20(31)16-11-25-27(17(16)21(22,23)24)15-8-6-14(7-9-15)26-18(28)12-4-3-5-13(10-12)19(29)30/h3-11H,2H2,1H3,(H,26,28)(H,29,30). The van der Waals surface area contributed by atoms with Crippen molar-refractivity contribution in [2.75, 3.05) is 11.9 Å². The minimum atomic E-state index is -4.87. The van der Waals surface area contributed by atoms with Crippen LogP contribution in [-0.2, 0) is 10.9 Å². The van der Waals surface area contributed by atoms with E-state index in [1.807, 2.05) is 0 Å². The number of halogens is 3. The molecule has 2 N–H and O–H groups in total. The van der Waals surface area contributed by atoms with E-state index in [2.05, 4.69) is 15.2 Å². The molecule has 0 unspecified atom stereocenters. The zero-order valence-corrected chi connectivity index (χ0v) is 16.5. The number of esters is 1. The van der Waals surface area contributed by atoms with Gasteiger partial charge in [-0.15, -0.1) is 0 Å². The maximum atomic E-state index is 13.6. The quantitative estimate of drug-likeness (QED) is 0.553. The Morgan fingerprint density at radius 2 is 1.75 bits per heavy atom. The van der Waals surface area contributed by atoms with E-state index in [0.29, 0.717) is 4.68 Å². The van der Waals surface area contributed by atoms with E-state index in [-0.39, 0.29) is 29.1 Å². The third-order valence-electron chi connectivity index (χ3n) is 4.27. The molecule has 0 radical (unpaired) electrons. The summed E-state index contributed by atoms with van der Waals surface area (Å²) in [6.07, 6.45) is -4.09. The van der Waals surface area contributed by atoms with Crippen LogP contribution in [0.5, 0.6) is 0 Å². The van der Waals surface area contributed by atoms with Crippen molar-refractivity contribution in [1.82, 2.24) is 9.78 Å². The number of hydrogen-bond donors (Lipinski definition) is 2. The average molecular weight is 447 g/mol. The van der Waals surface area contributed by atoms with E-state index in [9.17, 15) is 27.6 Å². The molecule has 0 fully saturated rings. The third-order valence-corrected chi connectivity index (χ3v) is 4.27. The van der Waals surface area contributed by atoms with Crippen LogP contribution in [0.1, 0.15) is 43.7 Å². The Bertz CT molecular complexity index is 1170. The summed E-state index contributed by atoms with van der Waals surface area (Å²) in [5.74, 6) is -2.93. The topological polar surface area (TPSA) is 111 Å². The van der Waals surface area contributed by atoms with Gasteiger partial charge in [0.25, 0.3) is 5.91 Å². The maximum absolute atomic E-state index is 13.6. The van der Waals surface area contributed by atoms with Gasteiger partial charge in [0.05, 0.1) is 24.1 Å². The van der Waals surface area contributed by atoms with E-state index in [4.69, 9.17) is 5.11 Å². The van der Waals surface area contributed by atoms with Crippen molar-refractivity contribution in [1.29, 1.82) is 0 Å². The highest BCUT2D eigenvalue weighted by Crippen LogP contribution is 2.34. The normalized spacial score (nSPS) is 11.1. The molecular weight excluding hydrogens is 431 g/mol. The van der Waals surface area contributed by atoms with Gasteiger partial charge in [0, 0.05) is 11.3 Å². The van der Waals surface area contributed by atoms with Crippen LogP contribution in [0, 0.1) is 0 Å². The Morgan fingerprint density at radius 3 is 2.34 bits per heavy atom. The number of alkyl halides is 3. The lowest BCUT2D eigenvalue weighted by Gasteiger charge is -2.13. The molecule has 0 aliphatic rings. The molecule has 0 atom stereocenters. The highest BCUT2D eigenvalue weighted by Gasteiger charge is 2.41. The summed E-state index contributed by atoms with van der Waals surface area (Å²) < 4.78 is 46.0. The molecule has 1 amide bonds. The molecule has 0 bridgehead atoms. The summed E-state index contributed by atoms with van der Waals surface area (Å²) in [6, 6.07) is 10.6. The monoisotopic (exact) mass is 447 g/mol. The number of carboxylic acids is 1. The fourth-order valence-electron chi connectivity index (χ4n) is 2.86. The first kappa shape index (κ1) is 22.5. The number of carboxylic acid groups (broad SMARTS) is 1. The zero-order chi connectivity index (χ0) is 23.5. The molecule has 11 heteroatoms. The molecule has 0 saturated heterocycles. The summed E-state index contributed by atoms with van der Waals surface area (Å²) in [6.45, 7) is 1.38. The van der Waals surface area contributed by atoms with Crippen molar-refractivity contribution in [3.63, 3.8) is 0 Å². The predicted molar refractivity (Wildman–Crippen MR) is 106 cm³/mol. The van der Waals surface area contributed by atoms with Crippen molar-refractivity contribution in [3.8, 4) is 5.69 Å². The van der Waals surface area contributed by atoms with Crippen molar-refractivity contribution < 1.29 is 37.4 Å². The van der Waals surface area contributed by atoms with Crippen LogP contribution in [-0.4, -0.2) is 39.3 Å². The van der Waals surface area contributed by atoms with Crippen LogP contribution in [0.25, 0.3) is 5.69 Å². The predicted octanol–water partition coefficient (Wildman–Crippen LogP) is 4.02. The Labute approximate surface area is 179 Å². The maximum Gasteiger partial charge on any atom is 0.434 e. The van der Waals surface area contributed by atoms with Crippen molar-refractivity contribution in [2.24, 2.45) is 0 Å². The van der Waals surface area contributed by atoms with Gasteiger partial charge in [-0.3, -0.25) is 4.79 Å². The van der Waals surface area contributed by atoms with Gasteiger partial charge in [0.15, 0.2) is 5.69 Å². The summed E-state index contributed by atoms with van der Waals surface area (Å²) >= 11 is 0. The summed E-state index contributed by atoms with van der Waals surface area (Å²) in [4.78, 5) is 35.3. The Morgan fingerprint density at radius 1 is 1.09 bits per heavy atom. The average Bonchev–Trinajstić information content (AvgIpc) is 3.20. The zero-order valence-electron chi connectivity index (χ0n) is 16.5. The fourth-order valence-corrected chi connectivity index (χ4v) is 2.86. The Kier molecular flexibility index (Phi) is 6.28. The van der Waals surface area contributed by atoms with Gasteiger partial charge >= 0.3 is 18.1 Å². The van der Waals surface area contributed by atoms with Gasteiger partial charge in [-0.2, -0.15) is 18.3 Å². The number of rotatable bonds is 6.